The van der Waals surface area contributed by atoms with E-state index < -0.39 is 11.5 Å². The molecule has 4 rings (SSSR count). The SMILES string of the molecule is O=C(Cn1c(-c2ccccc2)c(Cl)nc(NCCN2CCCC2)c1=O)OCc1ccccc1. The number of hydrogen-bond donors (Lipinski definition) is 1. The predicted molar refractivity (Wildman–Crippen MR) is 129 cm³/mol. The summed E-state index contributed by atoms with van der Waals surface area (Å²) in [5.41, 5.74) is 1.56. The normalized spacial score (nSPS) is 13.7. The summed E-state index contributed by atoms with van der Waals surface area (Å²) >= 11 is 6.53. The van der Waals surface area contributed by atoms with E-state index in [1.165, 1.54) is 17.4 Å². The number of rotatable bonds is 9. The molecule has 172 valence electrons. The van der Waals surface area contributed by atoms with E-state index in [4.69, 9.17) is 16.3 Å². The van der Waals surface area contributed by atoms with Crippen LogP contribution in [0.5, 0.6) is 0 Å². The van der Waals surface area contributed by atoms with E-state index in [0.717, 1.165) is 25.2 Å². The van der Waals surface area contributed by atoms with Crippen LogP contribution in [-0.4, -0.2) is 46.6 Å². The molecule has 3 aromatic rings. The number of carbonyl (C=O) groups excluding carboxylic acids is 1. The molecule has 0 spiro atoms. The van der Waals surface area contributed by atoms with Crippen LogP contribution >= 0.6 is 11.6 Å². The molecular weight excluding hydrogens is 440 g/mol. The van der Waals surface area contributed by atoms with Crippen molar-refractivity contribution >= 4 is 23.4 Å². The number of likely N-dealkylation sites (tertiary alicyclic amines) is 1. The number of aromatic nitrogens is 2. The third-order valence-electron chi connectivity index (χ3n) is 5.62. The summed E-state index contributed by atoms with van der Waals surface area (Å²) in [7, 11) is 0. The quantitative estimate of drug-likeness (QED) is 0.483. The van der Waals surface area contributed by atoms with Gasteiger partial charge in [-0.05, 0) is 31.5 Å². The zero-order chi connectivity index (χ0) is 23.0. The van der Waals surface area contributed by atoms with Crippen molar-refractivity contribution in [3.05, 3.63) is 81.7 Å². The van der Waals surface area contributed by atoms with Gasteiger partial charge in [-0.25, -0.2) is 4.98 Å². The molecule has 1 fully saturated rings. The number of nitrogens with one attached hydrogen (secondary N) is 1. The monoisotopic (exact) mass is 466 g/mol. The van der Waals surface area contributed by atoms with Gasteiger partial charge in [-0.1, -0.05) is 72.3 Å². The molecule has 2 aromatic carbocycles. The zero-order valence-electron chi connectivity index (χ0n) is 18.4. The topological polar surface area (TPSA) is 76.5 Å². The third kappa shape index (κ3) is 6.00. The fraction of sp³-hybridized carbons (Fsp3) is 0.320. The molecule has 2 heterocycles. The molecule has 0 atom stereocenters. The summed E-state index contributed by atoms with van der Waals surface area (Å²) in [4.78, 5) is 32.6. The number of anilines is 1. The van der Waals surface area contributed by atoms with Crippen LogP contribution in [0, 0.1) is 0 Å². The molecule has 0 unspecified atom stereocenters. The lowest BCUT2D eigenvalue weighted by atomic mass is 10.1. The first-order chi connectivity index (χ1) is 16.1. The Kier molecular flexibility index (Phi) is 7.75. The second-order valence-corrected chi connectivity index (χ2v) is 8.34. The van der Waals surface area contributed by atoms with Crippen LogP contribution < -0.4 is 10.9 Å². The summed E-state index contributed by atoms with van der Waals surface area (Å²) < 4.78 is 6.76. The van der Waals surface area contributed by atoms with Gasteiger partial charge in [0, 0.05) is 18.7 Å². The summed E-state index contributed by atoms with van der Waals surface area (Å²) in [6, 6.07) is 18.6. The van der Waals surface area contributed by atoms with Gasteiger partial charge in [0.15, 0.2) is 11.0 Å². The molecule has 0 amide bonds. The van der Waals surface area contributed by atoms with Gasteiger partial charge in [0.05, 0.1) is 5.69 Å². The van der Waals surface area contributed by atoms with Crippen molar-refractivity contribution in [2.45, 2.75) is 26.0 Å². The highest BCUT2D eigenvalue weighted by atomic mass is 35.5. The Morgan fingerprint density at radius 3 is 2.39 bits per heavy atom. The average Bonchev–Trinajstić information content (AvgIpc) is 3.35. The molecule has 33 heavy (non-hydrogen) atoms. The first-order valence-electron chi connectivity index (χ1n) is 11.1. The largest absolute Gasteiger partial charge is 0.459 e. The van der Waals surface area contributed by atoms with Crippen molar-refractivity contribution in [3.63, 3.8) is 0 Å². The maximum Gasteiger partial charge on any atom is 0.326 e. The van der Waals surface area contributed by atoms with E-state index >= 15 is 0 Å². The lowest BCUT2D eigenvalue weighted by Gasteiger charge is -2.18. The molecule has 1 N–H and O–H groups in total. The predicted octanol–water partition coefficient (Wildman–Crippen LogP) is 3.81. The summed E-state index contributed by atoms with van der Waals surface area (Å²) in [5.74, 6) is -0.391. The average molecular weight is 467 g/mol. The van der Waals surface area contributed by atoms with E-state index in [9.17, 15) is 9.59 Å². The number of esters is 1. The van der Waals surface area contributed by atoms with Crippen LogP contribution in [0.15, 0.2) is 65.5 Å². The number of halogens is 1. The molecule has 8 heteroatoms. The Labute approximate surface area is 198 Å². The maximum absolute atomic E-state index is 13.3. The Bertz CT molecular complexity index is 1130. The summed E-state index contributed by atoms with van der Waals surface area (Å²) in [5, 5.41) is 3.26. The van der Waals surface area contributed by atoms with Gasteiger partial charge in [-0.2, -0.15) is 0 Å². The number of benzene rings is 2. The van der Waals surface area contributed by atoms with Gasteiger partial charge in [0.2, 0.25) is 0 Å². The molecule has 0 bridgehead atoms. The molecule has 1 saturated heterocycles. The van der Waals surface area contributed by atoms with E-state index in [0.29, 0.717) is 17.8 Å². The van der Waals surface area contributed by atoms with E-state index in [-0.39, 0.29) is 24.1 Å². The Morgan fingerprint density at radius 1 is 1.03 bits per heavy atom. The fourth-order valence-corrected chi connectivity index (χ4v) is 4.22. The number of hydrogen-bond acceptors (Lipinski definition) is 6. The van der Waals surface area contributed by atoms with Crippen molar-refractivity contribution < 1.29 is 9.53 Å². The lowest BCUT2D eigenvalue weighted by Crippen LogP contribution is -2.32. The number of carbonyl (C=O) groups is 1. The van der Waals surface area contributed by atoms with E-state index in [1.54, 1.807) is 0 Å². The lowest BCUT2D eigenvalue weighted by molar-refractivity contribution is -0.145. The second-order valence-electron chi connectivity index (χ2n) is 7.98. The van der Waals surface area contributed by atoms with Gasteiger partial charge < -0.3 is 15.0 Å². The minimum absolute atomic E-state index is 0.134. The van der Waals surface area contributed by atoms with Crippen LogP contribution in [0.1, 0.15) is 18.4 Å². The molecule has 1 aliphatic rings. The van der Waals surface area contributed by atoms with Crippen molar-refractivity contribution in [1.29, 1.82) is 0 Å². The van der Waals surface area contributed by atoms with E-state index in [1.807, 2.05) is 60.7 Å². The molecule has 0 aliphatic carbocycles. The molecular formula is C25H27ClN4O3. The Balaban J connectivity index is 1.56. The van der Waals surface area contributed by atoms with Gasteiger partial charge in [-0.3, -0.25) is 14.2 Å². The maximum atomic E-state index is 13.3. The van der Waals surface area contributed by atoms with E-state index in [2.05, 4.69) is 15.2 Å². The number of nitrogens with zero attached hydrogens (tertiary/aromatic N) is 3. The van der Waals surface area contributed by atoms with Crippen LogP contribution in [0.25, 0.3) is 11.3 Å². The number of ether oxygens (including phenoxy) is 1. The smallest absolute Gasteiger partial charge is 0.326 e. The van der Waals surface area contributed by atoms with Crippen molar-refractivity contribution in [1.82, 2.24) is 14.5 Å². The molecule has 1 aliphatic heterocycles. The summed E-state index contributed by atoms with van der Waals surface area (Å²) in [6.45, 7) is 3.40. The zero-order valence-corrected chi connectivity index (χ0v) is 19.1. The highest BCUT2D eigenvalue weighted by Crippen LogP contribution is 2.26. The highest BCUT2D eigenvalue weighted by molar-refractivity contribution is 6.32. The van der Waals surface area contributed by atoms with Gasteiger partial charge in [-0.15, -0.1) is 0 Å². The highest BCUT2D eigenvalue weighted by Gasteiger charge is 2.20. The van der Waals surface area contributed by atoms with Gasteiger partial charge in [0.25, 0.3) is 5.56 Å². The van der Waals surface area contributed by atoms with Crippen molar-refractivity contribution in [3.8, 4) is 11.3 Å². The van der Waals surface area contributed by atoms with Crippen LogP contribution in [0.2, 0.25) is 5.15 Å². The fourth-order valence-electron chi connectivity index (χ4n) is 3.93. The first-order valence-corrected chi connectivity index (χ1v) is 11.5. The minimum atomic E-state index is -0.525. The molecule has 0 saturated carbocycles. The molecule has 7 nitrogen and oxygen atoms in total. The standard InChI is InChI=1S/C25H27ClN4O3/c26-23-22(20-11-5-2-6-12-20)30(17-21(31)33-18-19-9-3-1-4-10-19)25(32)24(28-23)27-13-16-29-14-7-8-15-29/h1-6,9-12H,7-8,13-18H2,(H,27,28). The van der Waals surface area contributed by atoms with Gasteiger partial charge >= 0.3 is 5.97 Å². The summed E-state index contributed by atoms with van der Waals surface area (Å²) in [6.07, 6.45) is 2.40. The molecule has 0 radical (unpaired) electrons. The van der Waals surface area contributed by atoms with Crippen LogP contribution in [0.4, 0.5) is 5.82 Å². The first kappa shape index (κ1) is 23.0. The van der Waals surface area contributed by atoms with Crippen molar-refractivity contribution in [2.75, 3.05) is 31.5 Å². The van der Waals surface area contributed by atoms with Gasteiger partial charge in [0.1, 0.15) is 13.2 Å². The van der Waals surface area contributed by atoms with Crippen LogP contribution in [-0.2, 0) is 22.7 Å². The Morgan fingerprint density at radius 2 is 1.70 bits per heavy atom. The third-order valence-corrected chi connectivity index (χ3v) is 5.88. The van der Waals surface area contributed by atoms with Crippen molar-refractivity contribution in [2.24, 2.45) is 0 Å². The Hall–Kier alpha value is -3.16. The second kappa shape index (κ2) is 11.1. The minimum Gasteiger partial charge on any atom is -0.459 e. The van der Waals surface area contributed by atoms with Crippen LogP contribution in [0.3, 0.4) is 0 Å². The molecule has 1 aromatic heterocycles.